The van der Waals surface area contributed by atoms with Crippen LogP contribution in [0.2, 0.25) is 0 Å². The minimum absolute atomic E-state index is 0.0116. The summed E-state index contributed by atoms with van der Waals surface area (Å²) < 4.78 is 29.8. The summed E-state index contributed by atoms with van der Waals surface area (Å²) in [5, 5.41) is 0. The summed E-state index contributed by atoms with van der Waals surface area (Å²) in [6.45, 7) is 2.57. The molecule has 0 spiro atoms. The normalized spacial score (nSPS) is 10.6. The Morgan fingerprint density at radius 1 is 0.964 bits per heavy atom. The third kappa shape index (κ3) is 8.06. The molecule has 28 heavy (non-hydrogen) atoms. The number of carbonyl (C=O) groups is 1. The van der Waals surface area contributed by atoms with E-state index in [1.165, 1.54) is 6.07 Å². The number of benzene rings is 2. The number of hydrogen-bond acceptors (Lipinski definition) is 4. The lowest BCUT2D eigenvalue weighted by Crippen LogP contribution is -2.37. The number of carbonyl (C=O) groups excluding carboxylic acids is 1. The molecule has 0 unspecified atom stereocenters. The average Bonchev–Trinajstić information content (AvgIpc) is 2.72. The smallest absolute Gasteiger partial charge is 0.222 e. The fourth-order valence-corrected chi connectivity index (χ4v) is 2.64. The molecule has 6 heteroatoms. The lowest BCUT2D eigenvalue weighted by atomic mass is 10.2. The zero-order valence-electron chi connectivity index (χ0n) is 16.3. The highest BCUT2D eigenvalue weighted by Gasteiger charge is 2.13. The van der Waals surface area contributed by atoms with Gasteiger partial charge in [-0.1, -0.05) is 42.5 Å². The number of ether oxygens (including phenoxy) is 3. The number of hydrogen-bond donors (Lipinski definition) is 0. The quantitative estimate of drug-likeness (QED) is 0.491. The fourth-order valence-electron chi connectivity index (χ4n) is 2.64. The van der Waals surface area contributed by atoms with E-state index >= 15 is 0 Å². The van der Waals surface area contributed by atoms with Crippen LogP contribution in [0.5, 0.6) is 5.75 Å². The van der Waals surface area contributed by atoms with Crippen LogP contribution in [0, 0.1) is 5.82 Å². The monoisotopic (exact) mass is 389 g/mol. The van der Waals surface area contributed by atoms with Crippen LogP contribution in [0.1, 0.15) is 18.4 Å². The van der Waals surface area contributed by atoms with E-state index in [0.717, 1.165) is 5.56 Å². The van der Waals surface area contributed by atoms with E-state index in [9.17, 15) is 9.18 Å². The van der Waals surface area contributed by atoms with Gasteiger partial charge in [-0.05, 0) is 24.1 Å². The van der Waals surface area contributed by atoms with Gasteiger partial charge in [0, 0.05) is 26.7 Å². The van der Waals surface area contributed by atoms with Gasteiger partial charge in [0.05, 0.1) is 19.8 Å². The second-order valence-electron chi connectivity index (χ2n) is 6.29. The third-order valence-electron chi connectivity index (χ3n) is 4.16. The molecule has 0 aliphatic carbocycles. The van der Waals surface area contributed by atoms with Gasteiger partial charge in [-0.25, -0.2) is 4.39 Å². The maximum Gasteiger partial charge on any atom is 0.222 e. The molecule has 1 amide bonds. The van der Waals surface area contributed by atoms with Crippen molar-refractivity contribution in [1.29, 1.82) is 0 Å². The van der Waals surface area contributed by atoms with Gasteiger partial charge < -0.3 is 19.1 Å². The van der Waals surface area contributed by atoms with E-state index in [1.807, 2.05) is 30.3 Å². The fraction of sp³-hybridized carbons (Fsp3) is 0.409. The van der Waals surface area contributed by atoms with E-state index in [2.05, 4.69) is 0 Å². The molecule has 2 aromatic rings. The van der Waals surface area contributed by atoms with Gasteiger partial charge in [-0.15, -0.1) is 0 Å². The summed E-state index contributed by atoms with van der Waals surface area (Å²) in [4.78, 5) is 14.2. The minimum Gasteiger partial charge on any atom is -0.489 e. The van der Waals surface area contributed by atoms with E-state index < -0.39 is 5.82 Å². The second-order valence-corrected chi connectivity index (χ2v) is 6.29. The zero-order valence-corrected chi connectivity index (χ0v) is 16.3. The van der Waals surface area contributed by atoms with Crippen LogP contribution < -0.4 is 4.74 Å². The topological polar surface area (TPSA) is 48.0 Å². The molecule has 0 fully saturated rings. The molecule has 0 saturated heterocycles. The van der Waals surface area contributed by atoms with Crippen molar-refractivity contribution in [1.82, 2.24) is 4.90 Å². The molecule has 0 aliphatic rings. The molecular formula is C22H28FNO4. The first-order valence-corrected chi connectivity index (χ1v) is 9.46. The average molecular weight is 389 g/mol. The Hall–Kier alpha value is -2.44. The predicted molar refractivity (Wildman–Crippen MR) is 106 cm³/mol. The summed E-state index contributed by atoms with van der Waals surface area (Å²) in [5.74, 6) is -0.207. The highest BCUT2D eigenvalue weighted by Crippen LogP contribution is 2.15. The summed E-state index contributed by atoms with van der Waals surface area (Å²) in [6, 6.07) is 16.2. The number of methoxy groups -OCH3 is 1. The number of halogens is 1. The van der Waals surface area contributed by atoms with Crippen molar-refractivity contribution in [3.8, 4) is 5.75 Å². The van der Waals surface area contributed by atoms with E-state index in [-0.39, 0.29) is 18.3 Å². The van der Waals surface area contributed by atoms with Crippen LogP contribution in [-0.4, -0.2) is 50.8 Å². The highest BCUT2D eigenvalue weighted by atomic mass is 19.1. The van der Waals surface area contributed by atoms with Gasteiger partial charge in [0.2, 0.25) is 5.91 Å². The van der Waals surface area contributed by atoms with Crippen LogP contribution in [0.25, 0.3) is 0 Å². The standard InChI is InChI=1S/C22H28FNO4/c1-26-16-13-24(14-17-28-21-11-6-5-10-20(21)23)22(25)12-7-15-27-18-19-8-3-2-4-9-19/h2-6,8-11H,7,12-18H2,1H3. The van der Waals surface area contributed by atoms with Crippen molar-refractivity contribution in [3.63, 3.8) is 0 Å². The number of nitrogens with zero attached hydrogens (tertiary/aromatic N) is 1. The first kappa shape index (κ1) is 21.9. The van der Waals surface area contributed by atoms with Crippen molar-refractivity contribution in [2.75, 3.05) is 40.0 Å². The first-order chi connectivity index (χ1) is 13.7. The Kier molecular flexibility index (Phi) is 10.0. The van der Waals surface area contributed by atoms with Crippen molar-refractivity contribution in [2.45, 2.75) is 19.4 Å². The highest BCUT2D eigenvalue weighted by molar-refractivity contribution is 5.76. The number of para-hydroxylation sites is 1. The molecule has 0 heterocycles. The maximum absolute atomic E-state index is 13.6. The minimum atomic E-state index is -0.409. The molecule has 2 aromatic carbocycles. The van der Waals surface area contributed by atoms with Crippen molar-refractivity contribution in [2.24, 2.45) is 0 Å². The van der Waals surface area contributed by atoms with Gasteiger partial charge in [0.15, 0.2) is 11.6 Å². The molecule has 0 bridgehead atoms. The lowest BCUT2D eigenvalue weighted by Gasteiger charge is -2.22. The van der Waals surface area contributed by atoms with Crippen LogP contribution in [0.4, 0.5) is 4.39 Å². The summed E-state index contributed by atoms with van der Waals surface area (Å²) in [7, 11) is 1.59. The van der Waals surface area contributed by atoms with Gasteiger partial charge in [0.25, 0.3) is 0 Å². The predicted octanol–water partition coefficient (Wildman–Crippen LogP) is 3.68. The Bertz CT molecular complexity index is 696. The van der Waals surface area contributed by atoms with E-state index in [1.54, 1.807) is 30.2 Å². The van der Waals surface area contributed by atoms with E-state index in [0.29, 0.717) is 45.8 Å². The molecule has 0 aliphatic heterocycles. The molecule has 0 saturated carbocycles. The van der Waals surface area contributed by atoms with Crippen LogP contribution in [-0.2, 0) is 20.9 Å². The van der Waals surface area contributed by atoms with Gasteiger partial charge in [-0.3, -0.25) is 4.79 Å². The molecular weight excluding hydrogens is 361 g/mol. The van der Waals surface area contributed by atoms with Crippen LogP contribution in [0.15, 0.2) is 54.6 Å². The number of amides is 1. The third-order valence-corrected chi connectivity index (χ3v) is 4.16. The molecule has 0 N–H and O–H groups in total. The molecule has 0 aromatic heterocycles. The summed E-state index contributed by atoms with van der Waals surface area (Å²) in [5.41, 5.74) is 1.11. The molecule has 2 rings (SSSR count). The Labute approximate surface area is 166 Å². The van der Waals surface area contributed by atoms with Crippen LogP contribution >= 0.6 is 0 Å². The van der Waals surface area contributed by atoms with Crippen molar-refractivity contribution >= 4 is 5.91 Å². The molecule has 5 nitrogen and oxygen atoms in total. The summed E-state index contributed by atoms with van der Waals surface area (Å²) >= 11 is 0. The lowest BCUT2D eigenvalue weighted by molar-refractivity contribution is -0.132. The Balaban J connectivity index is 1.69. The Morgan fingerprint density at radius 2 is 1.68 bits per heavy atom. The largest absolute Gasteiger partial charge is 0.489 e. The molecule has 0 atom stereocenters. The van der Waals surface area contributed by atoms with Gasteiger partial charge in [-0.2, -0.15) is 0 Å². The Morgan fingerprint density at radius 3 is 2.43 bits per heavy atom. The molecule has 0 radical (unpaired) electrons. The van der Waals surface area contributed by atoms with E-state index in [4.69, 9.17) is 14.2 Å². The van der Waals surface area contributed by atoms with Crippen molar-refractivity contribution < 1.29 is 23.4 Å². The molecule has 152 valence electrons. The summed E-state index contributed by atoms with van der Waals surface area (Å²) in [6.07, 6.45) is 1.03. The SMILES string of the molecule is COCCN(CCOc1ccccc1F)C(=O)CCCOCc1ccccc1. The van der Waals surface area contributed by atoms with Gasteiger partial charge >= 0.3 is 0 Å². The first-order valence-electron chi connectivity index (χ1n) is 9.46. The zero-order chi connectivity index (χ0) is 20.0. The van der Waals surface area contributed by atoms with Crippen LogP contribution in [0.3, 0.4) is 0 Å². The maximum atomic E-state index is 13.6. The second kappa shape index (κ2) is 12.9. The van der Waals surface area contributed by atoms with Gasteiger partial charge in [0.1, 0.15) is 6.61 Å². The van der Waals surface area contributed by atoms with Crippen molar-refractivity contribution in [3.05, 3.63) is 66.0 Å². The number of rotatable bonds is 13.